The zero-order valence-electron chi connectivity index (χ0n) is 27.5. The normalized spacial score (nSPS) is 21.4. The number of aryl methyl sites for hydroxylation is 1. The number of hydrogen-bond acceptors (Lipinski definition) is 7. The molecule has 2 aliphatic heterocycles. The Balaban J connectivity index is 1.69. The maximum absolute atomic E-state index is 14.5. The van der Waals surface area contributed by atoms with Gasteiger partial charge >= 0.3 is 6.09 Å². The molecule has 0 aliphatic carbocycles. The van der Waals surface area contributed by atoms with E-state index in [-0.39, 0.29) is 18.2 Å². The van der Waals surface area contributed by atoms with Gasteiger partial charge in [-0.2, -0.15) is 5.10 Å². The number of hydrogen-bond donors (Lipinski definition) is 2. The molecule has 0 radical (unpaired) electrons. The number of halogens is 1. The molecule has 2 fully saturated rings. The van der Waals surface area contributed by atoms with Crippen LogP contribution in [0.2, 0.25) is 0 Å². The second kappa shape index (κ2) is 11.9. The van der Waals surface area contributed by atoms with Crippen LogP contribution in [0.15, 0.2) is 24.3 Å². The number of aromatic hydroxyl groups is 1. The Bertz CT molecular complexity index is 1500. The van der Waals surface area contributed by atoms with Crippen molar-refractivity contribution in [2.24, 2.45) is 0 Å². The van der Waals surface area contributed by atoms with Gasteiger partial charge in [0.2, 0.25) is 0 Å². The van der Waals surface area contributed by atoms with Gasteiger partial charge in [-0.1, -0.05) is 13.8 Å². The Morgan fingerprint density at radius 1 is 1.20 bits per heavy atom. The van der Waals surface area contributed by atoms with Gasteiger partial charge < -0.3 is 14.6 Å². The number of pyridine rings is 1. The first-order valence-electron chi connectivity index (χ1n) is 15.9. The highest BCUT2D eigenvalue weighted by Gasteiger charge is 2.53. The maximum atomic E-state index is 14.5. The summed E-state index contributed by atoms with van der Waals surface area (Å²) >= 11 is 0. The van der Waals surface area contributed by atoms with Gasteiger partial charge in [-0.25, -0.2) is 14.2 Å². The number of carbonyl (C=O) groups excluding carboxylic acids is 1. The number of nitrogens with one attached hydrogen (secondary N) is 1. The van der Waals surface area contributed by atoms with Crippen LogP contribution in [0.4, 0.5) is 9.18 Å². The predicted octanol–water partition coefficient (Wildman–Crippen LogP) is 7.28. The van der Waals surface area contributed by atoms with Gasteiger partial charge in [0.1, 0.15) is 5.60 Å². The number of benzene rings is 1. The molecular weight excluding hydrogens is 561 g/mol. The summed E-state index contributed by atoms with van der Waals surface area (Å²) in [7, 11) is 0. The first kappa shape index (κ1) is 32.2. The fraction of sp³-hybridized carbons (Fsp3) is 0.618. The van der Waals surface area contributed by atoms with E-state index in [9.17, 15) is 14.3 Å². The monoisotopic (exact) mass is 609 g/mol. The van der Waals surface area contributed by atoms with Gasteiger partial charge in [0.25, 0.3) is 0 Å². The van der Waals surface area contributed by atoms with E-state index in [1.807, 2.05) is 38.7 Å². The van der Waals surface area contributed by atoms with Crippen molar-refractivity contribution in [3.05, 3.63) is 41.3 Å². The molecule has 3 aromatic rings. The maximum Gasteiger partial charge on any atom is 0.410 e. The average molecular weight is 610 g/mol. The zero-order valence-corrected chi connectivity index (χ0v) is 27.5. The minimum absolute atomic E-state index is 0.105. The van der Waals surface area contributed by atoms with Crippen LogP contribution in [0, 0.1) is 12.7 Å². The molecular formula is C34H48FN5O4. The summed E-state index contributed by atoms with van der Waals surface area (Å²) in [5, 5.41) is 18.4. The minimum atomic E-state index is -0.702. The number of rotatable bonds is 6. The molecule has 1 amide bonds. The van der Waals surface area contributed by atoms with E-state index in [4.69, 9.17) is 14.5 Å². The molecule has 0 bridgehead atoms. The SMILES string of the molecule is CCC1(CC)CN(C(c2cc(-c3ccc(O)c(F)c3)nc3n[nH]c(C)c23)C2CCCCO2)C(C)(C)CN1C(=O)OC(C)(C)C. The van der Waals surface area contributed by atoms with Crippen LogP contribution in [0.5, 0.6) is 5.75 Å². The molecule has 10 heteroatoms. The fourth-order valence-corrected chi connectivity index (χ4v) is 7.01. The number of amides is 1. The minimum Gasteiger partial charge on any atom is -0.505 e. The topological polar surface area (TPSA) is 104 Å². The number of carbonyl (C=O) groups is 1. The fourth-order valence-electron chi connectivity index (χ4n) is 7.01. The van der Waals surface area contributed by atoms with E-state index in [0.29, 0.717) is 36.6 Å². The number of aromatic nitrogens is 3. The van der Waals surface area contributed by atoms with Crippen molar-refractivity contribution in [1.82, 2.24) is 25.0 Å². The van der Waals surface area contributed by atoms with E-state index >= 15 is 0 Å². The molecule has 0 saturated carbocycles. The van der Waals surface area contributed by atoms with Crippen molar-refractivity contribution >= 4 is 17.1 Å². The van der Waals surface area contributed by atoms with Crippen LogP contribution in [-0.4, -0.2) is 78.7 Å². The van der Waals surface area contributed by atoms with Gasteiger partial charge in [0.05, 0.1) is 23.4 Å². The molecule has 5 rings (SSSR count). The molecule has 2 unspecified atom stereocenters. The summed E-state index contributed by atoms with van der Waals surface area (Å²) in [6, 6.07) is 6.18. The lowest BCUT2D eigenvalue weighted by atomic mass is 9.79. The van der Waals surface area contributed by atoms with Crippen molar-refractivity contribution in [3.63, 3.8) is 0 Å². The highest BCUT2D eigenvalue weighted by molar-refractivity contribution is 5.85. The van der Waals surface area contributed by atoms with Crippen LogP contribution >= 0.6 is 0 Å². The number of phenolic OH excluding ortho intramolecular Hbond substituents is 1. The standard InChI is InChI=1S/C34H48FN5O4/c1-9-34(10-2)20-39(33(7,8)19-40(34)31(42)44-32(4,5)6)29(27-13-11-12-16-43-27)23-18-25(22-14-15-26(41)24(35)17-22)36-30-28(23)21(3)37-38-30/h14-15,17-18,27,29,41H,9-13,16,19-20H2,1-8H3,(H,36,37,38). The van der Waals surface area contributed by atoms with Crippen LogP contribution in [0.3, 0.4) is 0 Å². The number of nitrogens with zero attached hydrogens (tertiary/aromatic N) is 4. The lowest BCUT2D eigenvalue weighted by Gasteiger charge is -2.59. The molecule has 2 aliphatic rings. The quantitative estimate of drug-likeness (QED) is 0.303. The third kappa shape index (κ3) is 6.03. The lowest BCUT2D eigenvalue weighted by Crippen LogP contribution is -2.71. The second-order valence-corrected chi connectivity index (χ2v) is 14.1. The largest absolute Gasteiger partial charge is 0.505 e. The number of fused-ring (bicyclic) bond motifs is 1. The van der Waals surface area contributed by atoms with Gasteiger partial charge in [0, 0.05) is 41.9 Å². The van der Waals surface area contributed by atoms with Crippen LogP contribution in [0.25, 0.3) is 22.3 Å². The summed E-state index contributed by atoms with van der Waals surface area (Å²) in [4.78, 5) is 23.0. The van der Waals surface area contributed by atoms with E-state index in [1.165, 1.54) is 12.1 Å². The average Bonchev–Trinajstić information content (AvgIpc) is 3.35. The van der Waals surface area contributed by atoms with Crippen molar-refractivity contribution < 1.29 is 23.8 Å². The van der Waals surface area contributed by atoms with E-state index in [1.54, 1.807) is 6.07 Å². The summed E-state index contributed by atoms with van der Waals surface area (Å²) in [6.07, 6.45) is 4.11. The van der Waals surface area contributed by atoms with Crippen LogP contribution in [0.1, 0.15) is 97.9 Å². The molecule has 1 aromatic carbocycles. The summed E-state index contributed by atoms with van der Waals surface area (Å²) in [5.74, 6) is -1.11. The zero-order chi connectivity index (χ0) is 32.0. The Morgan fingerprint density at radius 2 is 1.93 bits per heavy atom. The molecule has 240 valence electrons. The Hall–Kier alpha value is -3.24. The number of piperazine rings is 1. The third-order valence-electron chi connectivity index (χ3n) is 9.49. The first-order valence-corrected chi connectivity index (χ1v) is 15.9. The number of phenols is 1. The Kier molecular flexibility index (Phi) is 8.72. The van der Waals surface area contributed by atoms with Gasteiger partial charge in [-0.3, -0.25) is 14.9 Å². The van der Waals surface area contributed by atoms with Crippen molar-refractivity contribution in [3.8, 4) is 17.0 Å². The summed E-state index contributed by atoms with van der Waals surface area (Å²) < 4.78 is 27.0. The van der Waals surface area contributed by atoms with E-state index in [2.05, 4.69) is 42.8 Å². The molecule has 2 saturated heterocycles. The molecule has 2 atom stereocenters. The van der Waals surface area contributed by atoms with Gasteiger partial charge in [0.15, 0.2) is 17.2 Å². The van der Waals surface area contributed by atoms with Gasteiger partial charge in [-0.05, 0) is 103 Å². The van der Waals surface area contributed by atoms with Gasteiger partial charge in [-0.15, -0.1) is 0 Å². The number of H-pyrrole nitrogens is 1. The van der Waals surface area contributed by atoms with Crippen molar-refractivity contribution in [2.45, 2.75) is 116 Å². The third-order valence-corrected chi connectivity index (χ3v) is 9.49. The molecule has 4 heterocycles. The van der Waals surface area contributed by atoms with Crippen LogP contribution in [-0.2, 0) is 9.47 Å². The van der Waals surface area contributed by atoms with E-state index in [0.717, 1.165) is 48.7 Å². The summed E-state index contributed by atoms with van der Waals surface area (Å²) in [6.45, 7) is 18.2. The second-order valence-electron chi connectivity index (χ2n) is 14.1. The highest BCUT2D eigenvalue weighted by atomic mass is 19.1. The molecule has 2 N–H and O–H groups in total. The first-order chi connectivity index (χ1) is 20.7. The smallest absolute Gasteiger partial charge is 0.410 e. The van der Waals surface area contributed by atoms with Crippen molar-refractivity contribution in [1.29, 1.82) is 0 Å². The molecule has 2 aromatic heterocycles. The molecule has 0 spiro atoms. The lowest BCUT2D eigenvalue weighted by molar-refractivity contribution is -0.129. The number of aromatic amines is 1. The summed E-state index contributed by atoms with van der Waals surface area (Å²) in [5.41, 5.74) is 2.08. The predicted molar refractivity (Wildman–Crippen MR) is 169 cm³/mol. The van der Waals surface area contributed by atoms with E-state index < -0.39 is 28.2 Å². The molecule has 9 nitrogen and oxygen atoms in total. The Morgan fingerprint density at radius 3 is 2.55 bits per heavy atom. The highest BCUT2D eigenvalue weighted by Crippen LogP contribution is 2.46. The van der Waals surface area contributed by atoms with Crippen LogP contribution < -0.4 is 0 Å². The number of ether oxygens (including phenoxy) is 2. The Labute approximate surface area is 260 Å². The van der Waals surface area contributed by atoms with Crippen molar-refractivity contribution in [2.75, 3.05) is 19.7 Å². The molecule has 44 heavy (non-hydrogen) atoms.